The van der Waals surface area contributed by atoms with Crippen LogP contribution in [0.1, 0.15) is 5.48 Å². The summed E-state index contributed by atoms with van der Waals surface area (Å²) in [4.78, 5) is 0. The van der Waals surface area contributed by atoms with Crippen LogP contribution in [0.15, 0.2) is 150 Å². The Morgan fingerprint density at radius 1 is 0.390 bits per heavy atom. The van der Waals surface area contributed by atoms with E-state index in [1.165, 1.54) is 0 Å². The Kier molecular flexibility index (Phi) is 3.92. The van der Waals surface area contributed by atoms with Crippen molar-refractivity contribution in [2.75, 3.05) is 0 Å². The molecule has 9 rings (SSSR count). The average molecular weight is 525 g/mol. The van der Waals surface area contributed by atoms with Crippen LogP contribution in [-0.2, 0) is 0 Å². The minimum atomic E-state index is -0.0642. The van der Waals surface area contributed by atoms with Gasteiger partial charge in [-0.1, -0.05) is 109 Å². The molecule has 0 amide bonds. The zero-order valence-electron chi connectivity index (χ0n) is 26.0. The highest BCUT2D eigenvalue weighted by atomic mass is 16.3. The molecule has 0 aliphatic carbocycles. The number of furan rings is 1. The van der Waals surface area contributed by atoms with Crippen LogP contribution < -0.4 is 0 Å². The summed E-state index contributed by atoms with van der Waals surface area (Å²) < 4.78 is 43.0. The Balaban J connectivity index is 1.30. The molecule has 1 heteroatoms. The monoisotopic (exact) mass is 524 g/mol. The summed E-state index contributed by atoms with van der Waals surface area (Å²) in [7, 11) is 0. The topological polar surface area (TPSA) is 13.1 Å². The van der Waals surface area contributed by atoms with Crippen LogP contribution in [-0.4, -0.2) is 0 Å². The summed E-state index contributed by atoms with van der Waals surface area (Å²) in [6, 6.07) is 40.1. The molecule has 0 aliphatic rings. The first-order chi connectivity index (χ1) is 22.0. The summed E-state index contributed by atoms with van der Waals surface area (Å²) in [5, 5.41) is 10.3. The third-order valence-electron chi connectivity index (χ3n) is 8.27. The Morgan fingerprint density at radius 2 is 1.05 bits per heavy atom. The average Bonchev–Trinajstić information content (AvgIpc) is 3.45. The second kappa shape index (κ2) is 8.55. The van der Waals surface area contributed by atoms with Crippen LogP contribution in [0.2, 0.25) is 0 Å². The highest BCUT2D eigenvalue weighted by Crippen LogP contribution is 2.39. The molecule has 0 unspecified atom stereocenters. The molecular weight excluding hydrogens is 496 g/mol. The molecule has 1 aromatic heterocycles. The number of fused-ring (bicyclic) bond motifs is 9. The van der Waals surface area contributed by atoms with E-state index in [0.717, 1.165) is 59.4 Å². The second-order valence-corrected chi connectivity index (χ2v) is 10.6. The van der Waals surface area contributed by atoms with Crippen molar-refractivity contribution in [1.82, 2.24) is 0 Å². The first-order valence-corrected chi connectivity index (χ1v) is 13.8. The van der Waals surface area contributed by atoms with Gasteiger partial charge in [-0.3, -0.25) is 0 Å². The molecule has 41 heavy (non-hydrogen) atoms. The SMILES string of the molecule is [2H]c1c([2H])c(-c2cc3cc4ccccc4cc3c3ccccc23)c([2H])c([2H])c1-c1ccc2oc3ccc4ccccc4c3c2c1. The van der Waals surface area contributed by atoms with Crippen LogP contribution in [0.5, 0.6) is 0 Å². The molecule has 0 fully saturated rings. The fraction of sp³-hybridized carbons (Fsp3) is 0. The largest absolute Gasteiger partial charge is 0.456 e. The van der Waals surface area contributed by atoms with E-state index in [9.17, 15) is 5.48 Å². The fourth-order valence-corrected chi connectivity index (χ4v) is 6.30. The predicted molar refractivity (Wildman–Crippen MR) is 175 cm³/mol. The molecule has 1 heterocycles. The predicted octanol–water partition coefficient (Wildman–Crippen LogP) is 11.5. The van der Waals surface area contributed by atoms with Crippen molar-refractivity contribution < 1.29 is 9.90 Å². The lowest BCUT2D eigenvalue weighted by atomic mass is 9.91. The lowest BCUT2D eigenvalue weighted by molar-refractivity contribution is 0.669. The van der Waals surface area contributed by atoms with Crippen molar-refractivity contribution in [2.45, 2.75) is 0 Å². The third-order valence-corrected chi connectivity index (χ3v) is 8.27. The zero-order valence-corrected chi connectivity index (χ0v) is 22.0. The standard InChI is InChI=1S/C40H24O/c1-2-9-29-22-36-31(21-28(29)8-1)24-35(33-11-5-6-12-34(33)36)27-15-13-25(14-16-27)30-18-19-38-37(23-30)40-32-10-4-3-7-26(32)17-20-39(40)41-38/h1-24H/i13D,14D,15D,16D. The summed E-state index contributed by atoms with van der Waals surface area (Å²) in [6.45, 7) is 0. The molecule has 0 N–H and O–H groups in total. The van der Waals surface area contributed by atoms with Gasteiger partial charge in [-0.15, -0.1) is 0 Å². The van der Waals surface area contributed by atoms with Crippen LogP contribution in [0.25, 0.3) is 87.3 Å². The lowest BCUT2D eigenvalue weighted by Gasteiger charge is -2.13. The van der Waals surface area contributed by atoms with Gasteiger partial charge in [0.25, 0.3) is 0 Å². The van der Waals surface area contributed by atoms with Gasteiger partial charge in [0.1, 0.15) is 11.2 Å². The van der Waals surface area contributed by atoms with Gasteiger partial charge < -0.3 is 4.42 Å². The molecule has 9 aromatic rings. The molecule has 8 aromatic carbocycles. The van der Waals surface area contributed by atoms with E-state index in [2.05, 4.69) is 42.5 Å². The van der Waals surface area contributed by atoms with Gasteiger partial charge in [0.2, 0.25) is 0 Å². The number of hydrogen-bond acceptors (Lipinski definition) is 1. The summed E-state index contributed by atoms with van der Waals surface area (Å²) in [5.41, 5.74) is 3.39. The van der Waals surface area contributed by atoms with Crippen LogP contribution in [0.4, 0.5) is 0 Å². The molecule has 0 saturated heterocycles. The molecular formula is C40H24O. The fourth-order valence-electron chi connectivity index (χ4n) is 6.30. The zero-order chi connectivity index (χ0) is 30.4. The molecule has 0 radical (unpaired) electrons. The Morgan fingerprint density at radius 3 is 1.88 bits per heavy atom. The Bertz CT molecular complexity index is 2680. The van der Waals surface area contributed by atoms with E-state index in [0.29, 0.717) is 22.3 Å². The smallest absolute Gasteiger partial charge is 0.136 e. The van der Waals surface area contributed by atoms with Crippen molar-refractivity contribution in [1.29, 1.82) is 0 Å². The molecule has 190 valence electrons. The van der Waals surface area contributed by atoms with E-state index in [4.69, 9.17) is 4.42 Å². The molecule has 0 atom stereocenters. The van der Waals surface area contributed by atoms with Crippen molar-refractivity contribution in [3.05, 3.63) is 145 Å². The van der Waals surface area contributed by atoms with Crippen LogP contribution >= 0.6 is 0 Å². The van der Waals surface area contributed by atoms with Crippen molar-refractivity contribution >= 4 is 65.0 Å². The van der Waals surface area contributed by atoms with Gasteiger partial charge in [-0.25, -0.2) is 0 Å². The van der Waals surface area contributed by atoms with E-state index in [-0.39, 0.29) is 29.7 Å². The quantitative estimate of drug-likeness (QED) is 0.162. The normalized spacial score (nSPS) is 13.3. The summed E-state index contributed by atoms with van der Waals surface area (Å²) >= 11 is 0. The lowest BCUT2D eigenvalue weighted by Crippen LogP contribution is -1.86. The highest BCUT2D eigenvalue weighted by Gasteiger charge is 2.13. The molecule has 0 aliphatic heterocycles. The number of benzene rings is 8. The Labute approximate surface area is 242 Å². The van der Waals surface area contributed by atoms with Crippen LogP contribution in [0, 0.1) is 0 Å². The Hall–Kier alpha value is -5.40. The molecule has 1 nitrogen and oxygen atoms in total. The minimum Gasteiger partial charge on any atom is -0.456 e. The maximum atomic E-state index is 9.24. The first-order valence-electron chi connectivity index (χ1n) is 15.8. The summed E-state index contributed by atoms with van der Waals surface area (Å²) in [6.07, 6.45) is 0. The molecule has 0 bridgehead atoms. The van der Waals surface area contributed by atoms with Gasteiger partial charge in [0.15, 0.2) is 0 Å². The highest BCUT2D eigenvalue weighted by molar-refractivity contribution is 6.19. The third kappa shape index (κ3) is 3.43. The molecule has 0 saturated carbocycles. The number of hydrogen-bond donors (Lipinski definition) is 0. The van der Waals surface area contributed by atoms with E-state index < -0.39 is 0 Å². The summed E-state index contributed by atoms with van der Waals surface area (Å²) in [5.74, 6) is 0. The van der Waals surface area contributed by atoms with E-state index in [1.54, 1.807) is 0 Å². The maximum absolute atomic E-state index is 9.24. The van der Waals surface area contributed by atoms with Gasteiger partial charge >= 0.3 is 0 Å². The van der Waals surface area contributed by atoms with Crippen molar-refractivity contribution in [3.8, 4) is 22.3 Å². The van der Waals surface area contributed by atoms with Gasteiger partial charge in [0.05, 0.1) is 5.48 Å². The molecule has 0 spiro atoms. The second-order valence-electron chi connectivity index (χ2n) is 10.6. The first kappa shape index (κ1) is 18.8. The maximum Gasteiger partial charge on any atom is 0.136 e. The minimum absolute atomic E-state index is 0.0566. The van der Waals surface area contributed by atoms with Gasteiger partial charge in [0, 0.05) is 10.8 Å². The van der Waals surface area contributed by atoms with Gasteiger partial charge in [-0.05, 0) is 102 Å². The van der Waals surface area contributed by atoms with Crippen molar-refractivity contribution in [3.63, 3.8) is 0 Å². The van der Waals surface area contributed by atoms with E-state index in [1.807, 2.05) is 78.9 Å². The van der Waals surface area contributed by atoms with Crippen LogP contribution in [0.3, 0.4) is 0 Å². The number of rotatable bonds is 2. The van der Waals surface area contributed by atoms with Crippen molar-refractivity contribution in [2.24, 2.45) is 0 Å². The van der Waals surface area contributed by atoms with E-state index >= 15 is 0 Å². The van der Waals surface area contributed by atoms with Gasteiger partial charge in [-0.2, -0.15) is 0 Å².